The SMILES string of the molecule is CCCCCCCCCCCCCCCCCCC(=O)OC[C@H](COP(=O)(O)OC[C@@H](O)COP(=O)(O)OC[C@@H](COC(=O)CCCCCCC)OC(=O)CCCCCCCCCCCCCC)OC(=O)CCCCCCCCCCCCCCCCCCC(C)C. The van der Waals surface area contributed by atoms with E-state index in [-0.39, 0.29) is 25.7 Å². The number of aliphatic hydroxyl groups excluding tert-OH is 1. The zero-order valence-corrected chi connectivity index (χ0v) is 61.5. The Hall–Kier alpha value is -1.94. The van der Waals surface area contributed by atoms with Gasteiger partial charge in [-0.3, -0.25) is 37.3 Å². The quantitative estimate of drug-likeness (QED) is 0.0222. The Morgan fingerprint density at radius 2 is 0.500 bits per heavy atom. The number of aliphatic hydroxyl groups is 1. The van der Waals surface area contributed by atoms with Crippen LogP contribution in [0.2, 0.25) is 0 Å². The molecule has 19 heteroatoms. The van der Waals surface area contributed by atoms with Crippen LogP contribution in [-0.4, -0.2) is 96.7 Å². The third-order valence-electron chi connectivity index (χ3n) is 17.0. The molecule has 0 aromatic rings. The Morgan fingerprint density at radius 3 is 0.739 bits per heavy atom. The highest BCUT2D eigenvalue weighted by Gasteiger charge is 2.30. The second-order valence-corrected chi connectivity index (χ2v) is 29.7. The van der Waals surface area contributed by atoms with Gasteiger partial charge in [-0.15, -0.1) is 0 Å². The van der Waals surface area contributed by atoms with Gasteiger partial charge in [-0.2, -0.15) is 0 Å². The number of unbranched alkanes of at least 4 members (excludes halogenated alkanes) is 45. The number of hydrogen-bond acceptors (Lipinski definition) is 15. The van der Waals surface area contributed by atoms with Crippen molar-refractivity contribution in [2.45, 2.75) is 400 Å². The van der Waals surface area contributed by atoms with Crippen LogP contribution in [0.1, 0.15) is 381 Å². The average molecular weight is 1350 g/mol. The molecule has 0 spiro atoms. The highest BCUT2D eigenvalue weighted by atomic mass is 31.2. The summed E-state index contributed by atoms with van der Waals surface area (Å²) in [6.45, 7) is 7.22. The van der Waals surface area contributed by atoms with Crippen LogP contribution in [0, 0.1) is 5.92 Å². The Morgan fingerprint density at radius 1 is 0.293 bits per heavy atom. The normalized spacial score (nSPS) is 14.0. The molecule has 0 saturated heterocycles. The molecule has 2 unspecified atom stereocenters. The zero-order chi connectivity index (χ0) is 67.7. The molecule has 546 valence electrons. The summed E-state index contributed by atoms with van der Waals surface area (Å²) >= 11 is 0. The minimum absolute atomic E-state index is 0.107. The summed E-state index contributed by atoms with van der Waals surface area (Å²) in [6, 6.07) is 0. The second-order valence-electron chi connectivity index (χ2n) is 26.8. The Kier molecular flexibility index (Phi) is 64.9. The van der Waals surface area contributed by atoms with Crippen molar-refractivity contribution in [2.75, 3.05) is 39.6 Å². The Bertz CT molecular complexity index is 1770. The van der Waals surface area contributed by atoms with Crippen LogP contribution in [0.25, 0.3) is 0 Å². The first kappa shape index (κ1) is 90.1. The van der Waals surface area contributed by atoms with E-state index in [4.69, 9.17) is 37.0 Å². The van der Waals surface area contributed by atoms with Crippen LogP contribution in [0.15, 0.2) is 0 Å². The molecular weight excluding hydrogens is 1210 g/mol. The molecule has 0 radical (unpaired) electrons. The van der Waals surface area contributed by atoms with Crippen molar-refractivity contribution in [2.24, 2.45) is 5.92 Å². The molecule has 0 aromatic carbocycles. The number of carbonyl (C=O) groups excluding carboxylic acids is 4. The topological polar surface area (TPSA) is 237 Å². The maximum absolute atomic E-state index is 13.1. The van der Waals surface area contributed by atoms with Crippen molar-refractivity contribution >= 4 is 39.5 Å². The van der Waals surface area contributed by atoms with Crippen LogP contribution in [-0.2, 0) is 65.4 Å². The molecule has 0 aliphatic heterocycles. The standard InChI is InChI=1S/C73H142O17P2/c1-6-9-12-15-17-19-21-23-24-28-31-35-38-42-47-52-57-71(76)84-63-69(90-73(78)59-54-49-44-40-36-32-29-26-25-27-30-33-37-41-46-50-55-66(4)5)65-88-92(81,82)86-61-67(74)60-85-91(79,80)87-64-68(62-83-70(75)56-51-45-14-11-8-3)89-72(77)58-53-48-43-39-34-22-20-18-16-13-10-7-2/h66-69,74H,6-65H2,1-5H3,(H,79,80)(H,81,82)/t67-,68+,69+/m0/s1. The van der Waals surface area contributed by atoms with Crippen molar-refractivity contribution in [1.82, 2.24) is 0 Å². The van der Waals surface area contributed by atoms with E-state index in [0.717, 1.165) is 102 Å². The van der Waals surface area contributed by atoms with Crippen molar-refractivity contribution in [1.29, 1.82) is 0 Å². The molecular formula is C73H142O17P2. The minimum Gasteiger partial charge on any atom is -0.462 e. The molecule has 0 aliphatic carbocycles. The first-order valence-electron chi connectivity index (χ1n) is 38.1. The van der Waals surface area contributed by atoms with Gasteiger partial charge < -0.3 is 33.8 Å². The first-order chi connectivity index (χ1) is 44.5. The lowest BCUT2D eigenvalue weighted by atomic mass is 10.0. The van der Waals surface area contributed by atoms with E-state index in [9.17, 15) is 43.2 Å². The van der Waals surface area contributed by atoms with Crippen molar-refractivity contribution in [3.63, 3.8) is 0 Å². The fourth-order valence-corrected chi connectivity index (χ4v) is 12.8. The molecule has 0 fully saturated rings. The summed E-state index contributed by atoms with van der Waals surface area (Å²) in [7, 11) is -9.89. The molecule has 3 N–H and O–H groups in total. The molecule has 0 aliphatic rings. The lowest BCUT2D eigenvalue weighted by molar-refractivity contribution is -0.161. The Labute approximate surface area is 562 Å². The van der Waals surface area contributed by atoms with Gasteiger partial charge in [0.25, 0.3) is 0 Å². The van der Waals surface area contributed by atoms with E-state index in [0.29, 0.717) is 25.7 Å². The third-order valence-corrected chi connectivity index (χ3v) is 18.9. The number of ether oxygens (including phenoxy) is 4. The number of phosphoric ester groups is 2. The van der Waals surface area contributed by atoms with Crippen molar-refractivity contribution < 1.29 is 80.2 Å². The van der Waals surface area contributed by atoms with E-state index >= 15 is 0 Å². The molecule has 0 rings (SSSR count). The fraction of sp³-hybridized carbons (Fsp3) is 0.945. The van der Waals surface area contributed by atoms with Crippen LogP contribution in [0.5, 0.6) is 0 Å². The van der Waals surface area contributed by atoms with Gasteiger partial charge >= 0.3 is 39.5 Å². The first-order valence-corrected chi connectivity index (χ1v) is 41.1. The lowest BCUT2D eigenvalue weighted by Crippen LogP contribution is -2.30. The molecule has 0 aromatic heterocycles. The largest absolute Gasteiger partial charge is 0.472 e. The number of rotatable bonds is 73. The predicted octanol–water partition coefficient (Wildman–Crippen LogP) is 21.3. The van der Waals surface area contributed by atoms with Crippen LogP contribution in [0.4, 0.5) is 0 Å². The summed E-state index contributed by atoms with van der Waals surface area (Å²) in [5.41, 5.74) is 0. The monoisotopic (exact) mass is 1350 g/mol. The van der Waals surface area contributed by atoms with Gasteiger partial charge in [0, 0.05) is 25.7 Å². The summed E-state index contributed by atoms with van der Waals surface area (Å²) in [4.78, 5) is 72.4. The molecule has 0 heterocycles. The zero-order valence-electron chi connectivity index (χ0n) is 59.7. The van der Waals surface area contributed by atoms with E-state index in [2.05, 4.69) is 34.6 Å². The molecule has 5 atom stereocenters. The molecule has 0 amide bonds. The number of phosphoric acid groups is 2. The van der Waals surface area contributed by atoms with E-state index < -0.39 is 97.5 Å². The number of carbonyl (C=O) groups is 4. The van der Waals surface area contributed by atoms with E-state index in [1.54, 1.807) is 0 Å². The smallest absolute Gasteiger partial charge is 0.462 e. The van der Waals surface area contributed by atoms with Gasteiger partial charge in [0.05, 0.1) is 26.4 Å². The summed E-state index contributed by atoms with van der Waals surface area (Å²) in [6.07, 6.45) is 54.5. The minimum atomic E-state index is -4.95. The maximum Gasteiger partial charge on any atom is 0.472 e. The van der Waals surface area contributed by atoms with Gasteiger partial charge in [-0.1, -0.05) is 330 Å². The summed E-state index contributed by atoms with van der Waals surface area (Å²) in [5.74, 6) is -1.32. The van der Waals surface area contributed by atoms with Gasteiger partial charge in [0.15, 0.2) is 12.2 Å². The van der Waals surface area contributed by atoms with Crippen molar-refractivity contribution in [3.05, 3.63) is 0 Å². The number of esters is 4. The maximum atomic E-state index is 13.1. The number of hydrogen-bond donors (Lipinski definition) is 3. The molecule has 17 nitrogen and oxygen atoms in total. The van der Waals surface area contributed by atoms with Gasteiger partial charge in [0.2, 0.25) is 0 Å². The molecule has 0 bridgehead atoms. The summed E-state index contributed by atoms with van der Waals surface area (Å²) < 4.78 is 68.2. The highest BCUT2D eigenvalue weighted by molar-refractivity contribution is 7.47. The van der Waals surface area contributed by atoms with Crippen LogP contribution >= 0.6 is 15.6 Å². The van der Waals surface area contributed by atoms with Crippen LogP contribution < -0.4 is 0 Å². The predicted molar refractivity (Wildman–Crippen MR) is 372 cm³/mol. The Balaban J connectivity index is 5.14. The van der Waals surface area contributed by atoms with Gasteiger partial charge in [-0.25, -0.2) is 9.13 Å². The fourth-order valence-electron chi connectivity index (χ4n) is 11.2. The highest BCUT2D eigenvalue weighted by Crippen LogP contribution is 2.45. The van der Waals surface area contributed by atoms with E-state index in [1.807, 2.05) is 0 Å². The van der Waals surface area contributed by atoms with E-state index in [1.165, 1.54) is 199 Å². The van der Waals surface area contributed by atoms with Gasteiger partial charge in [-0.05, 0) is 31.6 Å². The van der Waals surface area contributed by atoms with Crippen LogP contribution in [0.3, 0.4) is 0 Å². The van der Waals surface area contributed by atoms with Gasteiger partial charge in [0.1, 0.15) is 19.3 Å². The molecule has 92 heavy (non-hydrogen) atoms. The van der Waals surface area contributed by atoms with Crippen molar-refractivity contribution in [3.8, 4) is 0 Å². The lowest BCUT2D eigenvalue weighted by Gasteiger charge is -2.21. The second kappa shape index (κ2) is 66.3. The third kappa shape index (κ3) is 66.7. The summed E-state index contributed by atoms with van der Waals surface area (Å²) in [5, 5.41) is 10.6. The molecule has 0 saturated carbocycles. The average Bonchev–Trinajstić information content (AvgIpc) is 3.40.